The van der Waals surface area contributed by atoms with E-state index >= 15 is 0 Å². The van der Waals surface area contributed by atoms with E-state index in [2.05, 4.69) is 20.7 Å². The molecule has 0 saturated heterocycles. The van der Waals surface area contributed by atoms with Gasteiger partial charge in [-0.1, -0.05) is 23.2 Å². The molecule has 24 heavy (non-hydrogen) atoms. The molecule has 0 unspecified atom stereocenters. The molecule has 0 saturated carbocycles. The standard InChI is InChI=1S/C14H15Cl2N3O5/c1-17-11(20)5-18-12(21)7-24-13(22)6-19-14(23)9-3-2-8(15)4-10(9)16/h2-4H,5-7H2,1H3,(H,17,20)(H,18,21)(H,19,23). The molecule has 0 heterocycles. The lowest BCUT2D eigenvalue weighted by molar-refractivity contribution is -0.147. The number of halogens is 2. The van der Waals surface area contributed by atoms with Gasteiger partial charge >= 0.3 is 5.97 Å². The minimum absolute atomic E-state index is 0.141. The highest BCUT2D eigenvalue weighted by molar-refractivity contribution is 6.36. The lowest BCUT2D eigenvalue weighted by atomic mass is 10.2. The molecule has 0 aliphatic rings. The topological polar surface area (TPSA) is 114 Å². The number of amides is 3. The van der Waals surface area contributed by atoms with Crippen molar-refractivity contribution in [2.75, 3.05) is 26.7 Å². The molecule has 1 aromatic rings. The largest absolute Gasteiger partial charge is 0.454 e. The number of carbonyl (C=O) groups is 4. The van der Waals surface area contributed by atoms with Gasteiger partial charge in [-0.3, -0.25) is 19.2 Å². The highest BCUT2D eigenvalue weighted by Crippen LogP contribution is 2.20. The summed E-state index contributed by atoms with van der Waals surface area (Å²) in [6.07, 6.45) is 0. The first kappa shape index (κ1) is 19.7. The maximum absolute atomic E-state index is 11.9. The second-order valence-corrected chi connectivity index (χ2v) is 5.26. The van der Waals surface area contributed by atoms with Gasteiger partial charge in [0.15, 0.2) is 6.61 Å². The second kappa shape index (κ2) is 9.74. The van der Waals surface area contributed by atoms with E-state index in [4.69, 9.17) is 23.2 Å². The lowest BCUT2D eigenvalue weighted by Crippen LogP contribution is -2.38. The third-order valence-corrected chi connectivity index (χ3v) is 3.21. The van der Waals surface area contributed by atoms with E-state index in [-0.39, 0.29) is 23.0 Å². The smallest absolute Gasteiger partial charge is 0.325 e. The number of carbonyl (C=O) groups excluding carboxylic acids is 4. The Bertz CT molecular complexity index is 651. The second-order valence-electron chi connectivity index (χ2n) is 4.42. The number of rotatable bonds is 7. The maximum Gasteiger partial charge on any atom is 0.325 e. The molecule has 3 N–H and O–H groups in total. The van der Waals surface area contributed by atoms with Crippen LogP contribution in [0.3, 0.4) is 0 Å². The average Bonchev–Trinajstić information content (AvgIpc) is 2.55. The highest BCUT2D eigenvalue weighted by atomic mass is 35.5. The van der Waals surface area contributed by atoms with Gasteiger partial charge < -0.3 is 20.7 Å². The van der Waals surface area contributed by atoms with Crippen molar-refractivity contribution < 1.29 is 23.9 Å². The molecule has 0 spiro atoms. The van der Waals surface area contributed by atoms with Crippen molar-refractivity contribution in [1.29, 1.82) is 0 Å². The quantitative estimate of drug-likeness (QED) is 0.586. The summed E-state index contributed by atoms with van der Waals surface area (Å²) < 4.78 is 4.65. The number of benzene rings is 1. The third kappa shape index (κ3) is 6.84. The molecule has 10 heteroatoms. The van der Waals surface area contributed by atoms with Gasteiger partial charge in [0.2, 0.25) is 5.91 Å². The van der Waals surface area contributed by atoms with Crippen LogP contribution in [0.5, 0.6) is 0 Å². The summed E-state index contributed by atoms with van der Waals surface area (Å²) in [6, 6.07) is 4.29. The molecule has 0 aliphatic carbocycles. The van der Waals surface area contributed by atoms with Gasteiger partial charge in [-0.25, -0.2) is 0 Å². The number of esters is 1. The summed E-state index contributed by atoms with van der Waals surface area (Å²) in [5.41, 5.74) is 0.150. The van der Waals surface area contributed by atoms with E-state index in [1.807, 2.05) is 0 Å². The van der Waals surface area contributed by atoms with Crippen LogP contribution in [0.2, 0.25) is 10.0 Å². The van der Waals surface area contributed by atoms with Gasteiger partial charge in [0.05, 0.1) is 17.1 Å². The fourth-order valence-corrected chi connectivity index (χ4v) is 1.93. The Kier molecular flexibility index (Phi) is 8.00. The van der Waals surface area contributed by atoms with Crippen molar-refractivity contribution >= 4 is 46.9 Å². The Morgan fingerprint density at radius 2 is 1.75 bits per heavy atom. The van der Waals surface area contributed by atoms with Crippen LogP contribution in [0.4, 0.5) is 0 Å². The van der Waals surface area contributed by atoms with Crippen LogP contribution in [0.1, 0.15) is 10.4 Å². The fraction of sp³-hybridized carbons (Fsp3) is 0.286. The molecule has 0 aromatic heterocycles. The average molecular weight is 376 g/mol. The van der Waals surface area contributed by atoms with Crippen LogP contribution < -0.4 is 16.0 Å². The van der Waals surface area contributed by atoms with E-state index in [9.17, 15) is 19.2 Å². The number of hydrogen-bond acceptors (Lipinski definition) is 5. The summed E-state index contributed by atoms with van der Waals surface area (Å²) in [5.74, 6) is -2.43. The Morgan fingerprint density at radius 3 is 2.38 bits per heavy atom. The van der Waals surface area contributed by atoms with Crippen molar-refractivity contribution in [1.82, 2.24) is 16.0 Å². The predicted molar refractivity (Wildman–Crippen MR) is 86.8 cm³/mol. The van der Waals surface area contributed by atoms with Crippen LogP contribution >= 0.6 is 23.2 Å². The highest BCUT2D eigenvalue weighted by Gasteiger charge is 2.13. The third-order valence-electron chi connectivity index (χ3n) is 2.66. The number of nitrogens with one attached hydrogen (secondary N) is 3. The van der Waals surface area contributed by atoms with Gasteiger partial charge in [0, 0.05) is 12.1 Å². The number of hydrogen-bond donors (Lipinski definition) is 3. The molecule has 1 rings (SSSR count). The SMILES string of the molecule is CNC(=O)CNC(=O)COC(=O)CNC(=O)c1ccc(Cl)cc1Cl. The monoisotopic (exact) mass is 375 g/mol. The van der Waals surface area contributed by atoms with Crippen LogP contribution in [0.15, 0.2) is 18.2 Å². The van der Waals surface area contributed by atoms with Crippen molar-refractivity contribution in [3.8, 4) is 0 Å². The molecule has 0 fully saturated rings. The summed E-state index contributed by atoms with van der Waals surface area (Å²) >= 11 is 11.6. The van der Waals surface area contributed by atoms with E-state index in [1.54, 1.807) is 0 Å². The molecule has 1 aromatic carbocycles. The zero-order valence-corrected chi connectivity index (χ0v) is 14.2. The van der Waals surface area contributed by atoms with Gasteiger partial charge in [0.25, 0.3) is 11.8 Å². The summed E-state index contributed by atoms with van der Waals surface area (Å²) in [6.45, 7) is -1.23. The molecule has 130 valence electrons. The molecule has 0 aliphatic heterocycles. The Balaban J connectivity index is 2.34. The van der Waals surface area contributed by atoms with E-state index < -0.39 is 30.9 Å². The zero-order valence-electron chi connectivity index (χ0n) is 12.7. The summed E-state index contributed by atoms with van der Waals surface area (Å²) in [5, 5.41) is 7.38. The molecular formula is C14H15Cl2N3O5. The molecule has 0 bridgehead atoms. The van der Waals surface area contributed by atoms with Crippen molar-refractivity contribution in [3.63, 3.8) is 0 Å². The van der Waals surface area contributed by atoms with Gasteiger partial charge in [-0.2, -0.15) is 0 Å². The normalized spacial score (nSPS) is 9.79. The van der Waals surface area contributed by atoms with E-state index in [0.717, 1.165) is 0 Å². The van der Waals surface area contributed by atoms with Crippen LogP contribution in [-0.4, -0.2) is 50.4 Å². The van der Waals surface area contributed by atoms with Crippen LogP contribution in [-0.2, 0) is 19.1 Å². The van der Waals surface area contributed by atoms with Gasteiger partial charge in [-0.15, -0.1) is 0 Å². The first-order chi connectivity index (χ1) is 11.3. The molecule has 8 nitrogen and oxygen atoms in total. The van der Waals surface area contributed by atoms with Crippen molar-refractivity contribution in [3.05, 3.63) is 33.8 Å². The first-order valence-electron chi connectivity index (χ1n) is 6.69. The number of likely N-dealkylation sites (N-methyl/N-ethyl adjacent to an activating group) is 1. The van der Waals surface area contributed by atoms with Crippen molar-refractivity contribution in [2.45, 2.75) is 0 Å². The predicted octanol–water partition coefficient (Wildman–Crippen LogP) is 0.129. The Labute approximate surface area is 147 Å². The summed E-state index contributed by atoms with van der Waals surface area (Å²) in [7, 11) is 1.42. The molecule has 0 radical (unpaired) electrons. The maximum atomic E-state index is 11.9. The number of ether oxygens (including phenoxy) is 1. The van der Waals surface area contributed by atoms with Crippen molar-refractivity contribution in [2.24, 2.45) is 0 Å². The molecular weight excluding hydrogens is 361 g/mol. The molecule has 0 atom stereocenters. The van der Waals surface area contributed by atoms with Crippen LogP contribution in [0, 0.1) is 0 Å². The zero-order chi connectivity index (χ0) is 18.1. The Morgan fingerprint density at radius 1 is 1.04 bits per heavy atom. The van der Waals surface area contributed by atoms with E-state index in [1.165, 1.54) is 25.2 Å². The Hall–Kier alpha value is -2.32. The molecule has 3 amide bonds. The van der Waals surface area contributed by atoms with Gasteiger partial charge in [-0.05, 0) is 18.2 Å². The minimum atomic E-state index is -0.816. The van der Waals surface area contributed by atoms with Crippen LogP contribution in [0.25, 0.3) is 0 Å². The minimum Gasteiger partial charge on any atom is -0.454 e. The lowest BCUT2D eigenvalue weighted by Gasteiger charge is -2.08. The summed E-state index contributed by atoms with van der Waals surface area (Å²) in [4.78, 5) is 45.6. The first-order valence-corrected chi connectivity index (χ1v) is 7.45. The van der Waals surface area contributed by atoms with Gasteiger partial charge in [0.1, 0.15) is 6.54 Å². The van der Waals surface area contributed by atoms with E-state index in [0.29, 0.717) is 5.02 Å². The fourth-order valence-electron chi connectivity index (χ4n) is 1.44.